The molecule has 1 unspecified atom stereocenters. The number of rotatable bonds is 11. The van der Waals surface area contributed by atoms with Crippen LogP contribution in [0.3, 0.4) is 0 Å². The van der Waals surface area contributed by atoms with Gasteiger partial charge >= 0.3 is 24.1 Å². The zero-order valence-corrected chi connectivity index (χ0v) is 30.0. The second-order valence-corrected chi connectivity index (χ2v) is 13.5. The van der Waals surface area contributed by atoms with E-state index in [1.165, 1.54) is 18.4 Å². The maximum Gasteiger partial charge on any atom is 0.425 e. The Bertz CT molecular complexity index is 1550. The molecule has 2 amide bonds. The minimum atomic E-state index is -2.36. The third kappa shape index (κ3) is 9.19. The van der Waals surface area contributed by atoms with Gasteiger partial charge in [0.15, 0.2) is 35.2 Å². The van der Waals surface area contributed by atoms with Crippen LogP contribution in [0.4, 0.5) is 19.8 Å². The van der Waals surface area contributed by atoms with Crippen LogP contribution in [0.15, 0.2) is 6.33 Å². The van der Waals surface area contributed by atoms with E-state index in [2.05, 4.69) is 15.0 Å². The molecule has 2 aromatic rings. The molecule has 1 aliphatic rings. The number of Topliss-reactive ketones (excluding diaryl/α,β-unsaturated/α-hetero) is 1. The summed E-state index contributed by atoms with van der Waals surface area (Å²) in [4.78, 5) is 77.8. The Morgan fingerprint density at radius 1 is 0.980 bits per heavy atom. The van der Waals surface area contributed by atoms with Crippen molar-refractivity contribution in [3.8, 4) is 0 Å². The molecule has 0 aromatic carbocycles. The summed E-state index contributed by atoms with van der Waals surface area (Å²) in [6, 6.07) is 0. The Morgan fingerprint density at radius 3 is 2.06 bits per heavy atom. The number of aromatic nitrogens is 4. The van der Waals surface area contributed by atoms with E-state index in [-0.39, 0.29) is 24.4 Å². The number of hydrogen-bond donors (Lipinski definition) is 0. The number of imidazole rings is 1. The molecule has 16 nitrogen and oxygen atoms in total. The number of imide groups is 1. The van der Waals surface area contributed by atoms with E-state index in [1.807, 2.05) is 0 Å². The van der Waals surface area contributed by atoms with Gasteiger partial charge in [0, 0.05) is 5.92 Å². The minimum Gasteiger partial charge on any atom is -0.466 e. The molecule has 0 bridgehead atoms. The van der Waals surface area contributed by atoms with Gasteiger partial charge in [0.25, 0.3) is 0 Å². The molecule has 2 aromatic heterocycles. The lowest BCUT2D eigenvalue weighted by Gasteiger charge is -2.30. The fourth-order valence-corrected chi connectivity index (χ4v) is 4.93. The second-order valence-electron chi connectivity index (χ2n) is 13.2. The van der Waals surface area contributed by atoms with Gasteiger partial charge in [-0.05, 0) is 73.9 Å². The van der Waals surface area contributed by atoms with Crippen molar-refractivity contribution in [2.45, 2.75) is 111 Å². The quantitative estimate of drug-likeness (QED) is 0.132. The van der Waals surface area contributed by atoms with Crippen LogP contribution in [-0.2, 0) is 42.8 Å². The van der Waals surface area contributed by atoms with Gasteiger partial charge in [-0.25, -0.2) is 23.8 Å². The predicted octanol–water partition coefficient (Wildman–Crippen LogP) is 4.89. The summed E-state index contributed by atoms with van der Waals surface area (Å²) in [6.45, 7) is 14.6. The van der Waals surface area contributed by atoms with Crippen LogP contribution in [0.2, 0.25) is 5.28 Å². The van der Waals surface area contributed by atoms with Gasteiger partial charge in [-0.2, -0.15) is 14.9 Å². The van der Waals surface area contributed by atoms with Gasteiger partial charge in [0.1, 0.15) is 11.2 Å². The summed E-state index contributed by atoms with van der Waals surface area (Å²) in [5, 5.41) is -0.428. The van der Waals surface area contributed by atoms with Gasteiger partial charge in [-0.3, -0.25) is 14.2 Å². The first-order valence-corrected chi connectivity index (χ1v) is 16.0. The van der Waals surface area contributed by atoms with Crippen molar-refractivity contribution >= 4 is 58.5 Å². The number of carbonyl (C=O) groups excluding carboxylic acids is 5. The average Bonchev–Trinajstić information content (AvgIpc) is 3.49. The number of amides is 2. The van der Waals surface area contributed by atoms with Crippen molar-refractivity contribution in [1.82, 2.24) is 19.5 Å². The van der Waals surface area contributed by atoms with Gasteiger partial charge in [0.2, 0.25) is 10.9 Å². The molecule has 0 spiro atoms. The van der Waals surface area contributed by atoms with Crippen molar-refractivity contribution in [1.29, 1.82) is 0 Å². The summed E-state index contributed by atoms with van der Waals surface area (Å²) in [5.74, 6) is -4.09. The molecule has 3 heterocycles. The molecule has 1 saturated heterocycles. The van der Waals surface area contributed by atoms with Crippen molar-refractivity contribution in [3.05, 3.63) is 11.6 Å². The molecule has 272 valence electrons. The van der Waals surface area contributed by atoms with Crippen LogP contribution in [0.5, 0.6) is 0 Å². The predicted molar refractivity (Wildman–Crippen MR) is 170 cm³/mol. The van der Waals surface area contributed by atoms with E-state index < -0.39 is 95.3 Å². The molecular formula is C31H43ClFN5O11. The monoisotopic (exact) mass is 715 g/mol. The molecule has 18 heteroatoms. The van der Waals surface area contributed by atoms with Crippen molar-refractivity contribution in [2.75, 3.05) is 24.7 Å². The Hall–Kier alpha value is -3.96. The number of carbonyl (C=O) groups is 5. The standard InChI is InChI=1S/C31H43ClFN5O11/c1-11-44-19(40)13-31(17(4)39,25(41)45-12-2)46-14-18-16(3)20(33)24(47-18)37-15-34-21-22(37)35-26(32)36-23(21)38(27(42)48-29(5,6)7)28(43)49-30(8,9)10/h15-16,18,20,24H,11-14H2,1-10H3/t16-,18-,20+,24-,31?/m1/s1. The van der Waals surface area contributed by atoms with Gasteiger partial charge in [-0.1, -0.05) is 6.92 Å². The van der Waals surface area contributed by atoms with Crippen LogP contribution in [0.25, 0.3) is 11.2 Å². The Balaban J connectivity index is 2.01. The minimum absolute atomic E-state index is 0.00885. The lowest BCUT2D eigenvalue weighted by atomic mass is 9.94. The first kappa shape index (κ1) is 39.5. The van der Waals surface area contributed by atoms with E-state index in [0.717, 1.165) is 13.3 Å². The van der Waals surface area contributed by atoms with Gasteiger partial charge < -0.3 is 28.4 Å². The van der Waals surface area contributed by atoms with E-state index in [4.69, 9.17) is 40.0 Å². The molecule has 0 aliphatic carbocycles. The topological polar surface area (TPSA) is 188 Å². The molecule has 0 N–H and O–H groups in total. The van der Waals surface area contributed by atoms with E-state index in [9.17, 15) is 24.0 Å². The van der Waals surface area contributed by atoms with Crippen LogP contribution in [-0.4, -0.2) is 98.3 Å². The fourth-order valence-electron chi connectivity index (χ4n) is 4.77. The maximum atomic E-state index is 16.0. The fraction of sp³-hybridized carbons (Fsp3) is 0.677. The summed E-state index contributed by atoms with van der Waals surface area (Å²) in [5.41, 5.74) is -4.66. The SMILES string of the molecule is CCOC(=O)CC(OC[C@H]1O[C@@H](n2cnc3c(N(C(=O)OC(C)(C)C)C(=O)OC(C)(C)C)nc(Cl)nc32)[C@@H](F)[C@@H]1C)(C(C)=O)C(=O)OCC. The zero-order valence-electron chi connectivity index (χ0n) is 29.2. The Kier molecular flexibility index (Phi) is 12.3. The molecule has 3 rings (SSSR count). The summed E-state index contributed by atoms with van der Waals surface area (Å²) >= 11 is 6.26. The second kappa shape index (κ2) is 15.3. The highest BCUT2D eigenvalue weighted by Crippen LogP contribution is 2.39. The van der Waals surface area contributed by atoms with Crippen molar-refractivity contribution < 1.29 is 56.8 Å². The number of alkyl halides is 1. The molecule has 0 saturated carbocycles. The van der Waals surface area contributed by atoms with Gasteiger partial charge in [-0.15, -0.1) is 0 Å². The normalized spacial score (nSPS) is 20.7. The summed E-state index contributed by atoms with van der Waals surface area (Å²) < 4.78 is 49.8. The highest BCUT2D eigenvalue weighted by atomic mass is 35.5. The van der Waals surface area contributed by atoms with Crippen LogP contribution in [0.1, 0.15) is 81.9 Å². The number of anilines is 1. The first-order valence-electron chi connectivity index (χ1n) is 15.6. The molecule has 1 aliphatic heterocycles. The highest BCUT2D eigenvalue weighted by Gasteiger charge is 2.51. The van der Waals surface area contributed by atoms with Crippen LogP contribution < -0.4 is 4.90 Å². The molecule has 49 heavy (non-hydrogen) atoms. The number of ether oxygens (including phenoxy) is 6. The smallest absolute Gasteiger partial charge is 0.425 e. The zero-order chi connectivity index (χ0) is 37.1. The highest BCUT2D eigenvalue weighted by molar-refractivity contribution is 6.29. The average molecular weight is 716 g/mol. The molecule has 0 radical (unpaired) electrons. The number of ketones is 1. The molecular weight excluding hydrogens is 673 g/mol. The number of fused-ring (bicyclic) bond motifs is 1. The van der Waals surface area contributed by atoms with E-state index >= 15 is 4.39 Å². The third-order valence-electron chi connectivity index (χ3n) is 7.06. The molecule has 5 atom stereocenters. The third-order valence-corrected chi connectivity index (χ3v) is 7.22. The molecule has 1 fully saturated rings. The largest absolute Gasteiger partial charge is 0.466 e. The van der Waals surface area contributed by atoms with Crippen LogP contribution >= 0.6 is 11.6 Å². The Morgan fingerprint density at radius 2 is 1.55 bits per heavy atom. The number of halogens is 2. The lowest BCUT2D eigenvalue weighted by molar-refractivity contribution is -0.187. The van der Waals surface area contributed by atoms with E-state index in [0.29, 0.717) is 4.90 Å². The van der Waals surface area contributed by atoms with Crippen LogP contribution in [0, 0.1) is 5.92 Å². The van der Waals surface area contributed by atoms with Crippen molar-refractivity contribution in [2.24, 2.45) is 5.92 Å². The number of esters is 2. The van der Waals surface area contributed by atoms with Gasteiger partial charge in [0.05, 0.1) is 38.7 Å². The summed E-state index contributed by atoms with van der Waals surface area (Å²) in [7, 11) is 0. The Labute approximate surface area is 287 Å². The number of nitrogens with zero attached hydrogens (tertiary/aromatic N) is 5. The maximum absolute atomic E-state index is 16.0. The number of hydrogen-bond acceptors (Lipinski definition) is 14. The lowest BCUT2D eigenvalue weighted by Crippen LogP contribution is -2.52. The first-order chi connectivity index (χ1) is 22.7. The summed E-state index contributed by atoms with van der Waals surface area (Å²) in [6.07, 6.45) is -6.11. The van der Waals surface area contributed by atoms with Crippen molar-refractivity contribution in [3.63, 3.8) is 0 Å². The van der Waals surface area contributed by atoms with E-state index in [1.54, 1.807) is 48.5 Å².